The number of hydrogen-bond acceptors (Lipinski definition) is 2. The second-order valence-electron chi connectivity index (χ2n) is 4.18. The van der Waals surface area contributed by atoms with Gasteiger partial charge in [-0.3, -0.25) is 4.79 Å². The normalized spacial score (nSPS) is 15.8. The Labute approximate surface area is 100.0 Å². The lowest BCUT2D eigenvalue weighted by Crippen LogP contribution is -2.34. The van der Waals surface area contributed by atoms with Crippen molar-refractivity contribution in [3.63, 3.8) is 0 Å². The summed E-state index contributed by atoms with van der Waals surface area (Å²) < 4.78 is 0. The molecule has 1 aliphatic rings. The molecular weight excluding hydrogens is 224 g/mol. The number of hydrogen-bond donors (Lipinski definition) is 2. The van der Waals surface area contributed by atoms with E-state index >= 15 is 0 Å². The van der Waals surface area contributed by atoms with Crippen molar-refractivity contribution in [2.24, 2.45) is 5.73 Å². The lowest BCUT2D eigenvalue weighted by atomic mass is 9.93. The topological polar surface area (TPSA) is 55.1 Å². The molecule has 1 amide bonds. The molecule has 4 heteroatoms. The summed E-state index contributed by atoms with van der Waals surface area (Å²) >= 11 is 6.07. The van der Waals surface area contributed by atoms with Gasteiger partial charge in [-0.25, -0.2) is 0 Å². The zero-order valence-corrected chi connectivity index (χ0v) is 9.76. The summed E-state index contributed by atoms with van der Waals surface area (Å²) in [6.07, 6.45) is 3.81. The van der Waals surface area contributed by atoms with E-state index < -0.39 is 5.91 Å². The van der Waals surface area contributed by atoms with Crippen LogP contribution in [0.2, 0.25) is 5.02 Å². The van der Waals surface area contributed by atoms with Crippen LogP contribution in [0.5, 0.6) is 0 Å². The number of nitrogens with two attached hydrogens (primary N) is 1. The Hall–Kier alpha value is -1.06. The predicted molar refractivity (Wildman–Crippen MR) is 64.4 cm³/mol. The highest BCUT2D eigenvalue weighted by Gasteiger charge is 2.16. The van der Waals surface area contributed by atoms with E-state index in [1.807, 2.05) is 6.07 Å². The molecule has 1 fully saturated rings. The van der Waals surface area contributed by atoms with Gasteiger partial charge in [0.2, 0.25) is 5.91 Å². The molecule has 3 N–H and O–H groups in total. The van der Waals surface area contributed by atoms with Crippen molar-refractivity contribution >= 4 is 17.5 Å². The van der Waals surface area contributed by atoms with Crippen molar-refractivity contribution < 1.29 is 4.79 Å². The van der Waals surface area contributed by atoms with Gasteiger partial charge in [0.1, 0.15) is 0 Å². The Morgan fingerprint density at radius 2 is 2.25 bits per heavy atom. The molecule has 1 aliphatic carbocycles. The van der Waals surface area contributed by atoms with Crippen LogP contribution in [0.25, 0.3) is 0 Å². The molecule has 86 valence electrons. The average Bonchev–Trinajstić information content (AvgIpc) is 2.17. The lowest BCUT2D eigenvalue weighted by molar-refractivity contribution is 0.100. The summed E-state index contributed by atoms with van der Waals surface area (Å²) in [6.45, 7) is 0.753. The number of carbonyl (C=O) groups excluding carboxylic acids is 1. The lowest BCUT2D eigenvalue weighted by Gasteiger charge is -2.26. The van der Waals surface area contributed by atoms with E-state index in [9.17, 15) is 4.79 Å². The number of rotatable bonds is 4. The molecule has 2 rings (SSSR count). The van der Waals surface area contributed by atoms with Gasteiger partial charge in [0.05, 0.1) is 0 Å². The third-order valence-electron chi connectivity index (χ3n) is 3.02. The first kappa shape index (κ1) is 11.4. The number of nitrogens with one attached hydrogen (secondary N) is 1. The minimum atomic E-state index is -0.444. The zero-order chi connectivity index (χ0) is 11.5. The Balaban J connectivity index is 2.00. The Morgan fingerprint density at radius 3 is 2.75 bits per heavy atom. The van der Waals surface area contributed by atoms with Gasteiger partial charge < -0.3 is 11.1 Å². The minimum Gasteiger partial charge on any atom is -0.366 e. The number of halogens is 1. The maximum Gasteiger partial charge on any atom is 0.248 e. The van der Waals surface area contributed by atoms with E-state index in [0.717, 1.165) is 12.1 Å². The molecule has 0 bridgehead atoms. The smallest absolute Gasteiger partial charge is 0.248 e. The van der Waals surface area contributed by atoms with Crippen LogP contribution in [0.3, 0.4) is 0 Å². The van der Waals surface area contributed by atoms with Gasteiger partial charge >= 0.3 is 0 Å². The SMILES string of the molecule is NC(=O)c1ccc(CNC2CCC2)c(Cl)c1. The molecule has 1 aromatic rings. The highest BCUT2D eigenvalue weighted by Crippen LogP contribution is 2.21. The summed E-state index contributed by atoms with van der Waals surface area (Å²) in [7, 11) is 0. The molecule has 0 spiro atoms. The van der Waals surface area contributed by atoms with Crippen LogP contribution in [0.15, 0.2) is 18.2 Å². The van der Waals surface area contributed by atoms with Gasteiger partial charge in [-0.2, -0.15) is 0 Å². The van der Waals surface area contributed by atoms with Crippen LogP contribution in [-0.4, -0.2) is 11.9 Å². The maximum absolute atomic E-state index is 10.9. The van der Waals surface area contributed by atoms with Gasteiger partial charge in [-0.1, -0.05) is 24.1 Å². The van der Waals surface area contributed by atoms with Crippen LogP contribution in [0, 0.1) is 0 Å². The van der Waals surface area contributed by atoms with E-state index in [-0.39, 0.29) is 0 Å². The van der Waals surface area contributed by atoms with Crippen LogP contribution in [0.1, 0.15) is 35.2 Å². The van der Waals surface area contributed by atoms with Crippen LogP contribution in [-0.2, 0) is 6.54 Å². The molecule has 0 aromatic heterocycles. The molecule has 3 nitrogen and oxygen atoms in total. The molecule has 0 unspecified atom stereocenters. The van der Waals surface area contributed by atoms with Gasteiger partial charge in [0.25, 0.3) is 0 Å². The first-order valence-electron chi connectivity index (χ1n) is 5.48. The van der Waals surface area contributed by atoms with Crippen LogP contribution in [0.4, 0.5) is 0 Å². The van der Waals surface area contributed by atoms with Crippen molar-refractivity contribution in [2.75, 3.05) is 0 Å². The second kappa shape index (κ2) is 4.85. The van der Waals surface area contributed by atoms with E-state index in [0.29, 0.717) is 16.6 Å². The fourth-order valence-corrected chi connectivity index (χ4v) is 1.96. The molecular formula is C12H15ClN2O. The Kier molecular flexibility index (Phi) is 3.46. The Bertz CT molecular complexity index is 402. The van der Waals surface area contributed by atoms with Gasteiger partial charge in [-0.05, 0) is 30.5 Å². The second-order valence-corrected chi connectivity index (χ2v) is 4.59. The van der Waals surface area contributed by atoms with Crippen molar-refractivity contribution in [2.45, 2.75) is 31.8 Å². The number of amides is 1. The maximum atomic E-state index is 10.9. The zero-order valence-electron chi connectivity index (χ0n) is 9.00. The molecule has 0 saturated heterocycles. The summed E-state index contributed by atoms with van der Waals surface area (Å²) in [4.78, 5) is 10.9. The third-order valence-corrected chi connectivity index (χ3v) is 3.38. The van der Waals surface area contributed by atoms with E-state index in [1.54, 1.807) is 12.1 Å². The number of primary amides is 1. The fourth-order valence-electron chi connectivity index (χ4n) is 1.71. The van der Waals surface area contributed by atoms with Crippen molar-refractivity contribution in [3.8, 4) is 0 Å². The molecule has 0 heterocycles. The minimum absolute atomic E-state index is 0.444. The number of benzene rings is 1. The summed E-state index contributed by atoms with van der Waals surface area (Å²) in [5, 5.41) is 4.02. The number of carbonyl (C=O) groups is 1. The summed E-state index contributed by atoms with van der Waals surface area (Å²) in [6, 6.07) is 5.83. The predicted octanol–water partition coefficient (Wildman–Crippen LogP) is 2.08. The van der Waals surface area contributed by atoms with E-state index in [4.69, 9.17) is 17.3 Å². The summed E-state index contributed by atoms with van der Waals surface area (Å²) in [5.74, 6) is -0.444. The first-order valence-corrected chi connectivity index (χ1v) is 5.86. The molecule has 1 saturated carbocycles. The standard InChI is InChI=1S/C12H15ClN2O/c13-11-6-8(12(14)16)4-5-9(11)7-15-10-2-1-3-10/h4-6,10,15H,1-3,7H2,(H2,14,16). The average molecular weight is 239 g/mol. The van der Waals surface area contributed by atoms with Gasteiger partial charge in [0.15, 0.2) is 0 Å². The molecule has 0 aliphatic heterocycles. The van der Waals surface area contributed by atoms with Crippen molar-refractivity contribution in [3.05, 3.63) is 34.3 Å². The van der Waals surface area contributed by atoms with Crippen LogP contribution < -0.4 is 11.1 Å². The third kappa shape index (κ3) is 2.54. The molecule has 1 aromatic carbocycles. The van der Waals surface area contributed by atoms with E-state index in [2.05, 4.69) is 5.32 Å². The van der Waals surface area contributed by atoms with Gasteiger partial charge in [-0.15, -0.1) is 0 Å². The van der Waals surface area contributed by atoms with Gasteiger partial charge in [0, 0.05) is 23.2 Å². The van der Waals surface area contributed by atoms with Crippen LogP contribution >= 0.6 is 11.6 Å². The Morgan fingerprint density at radius 1 is 1.50 bits per heavy atom. The molecule has 0 radical (unpaired) electrons. The first-order chi connectivity index (χ1) is 7.66. The highest BCUT2D eigenvalue weighted by atomic mass is 35.5. The fraction of sp³-hybridized carbons (Fsp3) is 0.417. The van der Waals surface area contributed by atoms with Crippen molar-refractivity contribution in [1.82, 2.24) is 5.32 Å². The largest absolute Gasteiger partial charge is 0.366 e. The van der Waals surface area contributed by atoms with E-state index in [1.165, 1.54) is 19.3 Å². The monoisotopic (exact) mass is 238 g/mol. The summed E-state index contributed by atoms with van der Waals surface area (Å²) in [5.41, 5.74) is 6.64. The quantitative estimate of drug-likeness (QED) is 0.844. The van der Waals surface area contributed by atoms with Crippen molar-refractivity contribution in [1.29, 1.82) is 0 Å². The molecule has 16 heavy (non-hydrogen) atoms. The highest BCUT2D eigenvalue weighted by molar-refractivity contribution is 6.31. The molecule has 0 atom stereocenters.